The third-order valence-corrected chi connectivity index (χ3v) is 5.81. The molecule has 2 aromatic carbocycles. The molecule has 5 nitrogen and oxygen atoms in total. The molecule has 0 radical (unpaired) electrons. The third-order valence-electron chi connectivity index (χ3n) is 5.48. The summed E-state index contributed by atoms with van der Waals surface area (Å²) in [5.41, 5.74) is 4.57. The fourth-order valence-electron chi connectivity index (χ4n) is 3.90. The standard InChI is InChI=1S/C22H24ClN3O2/c1-14(2)15-5-8-20-16(12-15)4-3-10-26(20)21(27)18-13-17(6-7-19(18)23)25-11-9-24-22(25)28/h5-8,12-14H,3-4,9-11H2,1-2H3,(H,24,28). The molecular formula is C22H24ClN3O2. The Morgan fingerprint density at radius 2 is 1.96 bits per heavy atom. The minimum atomic E-state index is -0.148. The van der Waals surface area contributed by atoms with E-state index in [4.69, 9.17) is 11.6 Å². The predicted molar refractivity (Wildman–Crippen MR) is 113 cm³/mol. The zero-order chi connectivity index (χ0) is 19.8. The van der Waals surface area contributed by atoms with Gasteiger partial charge in [-0.15, -0.1) is 0 Å². The fourth-order valence-corrected chi connectivity index (χ4v) is 4.09. The van der Waals surface area contributed by atoms with Gasteiger partial charge in [0, 0.05) is 31.0 Å². The van der Waals surface area contributed by atoms with Crippen LogP contribution in [0.15, 0.2) is 36.4 Å². The van der Waals surface area contributed by atoms with Crippen molar-refractivity contribution < 1.29 is 9.59 Å². The smallest absolute Gasteiger partial charge is 0.321 e. The van der Waals surface area contributed by atoms with Crippen molar-refractivity contribution >= 4 is 34.9 Å². The number of anilines is 2. The zero-order valence-electron chi connectivity index (χ0n) is 16.2. The molecule has 0 atom stereocenters. The molecule has 3 amide bonds. The third kappa shape index (κ3) is 3.35. The molecule has 0 saturated carbocycles. The first kappa shape index (κ1) is 18.8. The summed E-state index contributed by atoms with van der Waals surface area (Å²) in [4.78, 5) is 28.8. The summed E-state index contributed by atoms with van der Waals surface area (Å²) in [6, 6.07) is 11.4. The van der Waals surface area contributed by atoms with Gasteiger partial charge in [0.2, 0.25) is 0 Å². The summed E-state index contributed by atoms with van der Waals surface area (Å²) in [6.45, 7) is 6.19. The van der Waals surface area contributed by atoms with Gasteiger partial charge in [0.25, 0.3) is 5.91 Å². The second-order valence-electron chi connectivity index (χ2n) is 7.65. The van der Waals surface area contributed by atoms with E-state index in [0.29, 0.717) is 41.8 Å². The first-order valence-corrected chi connectivity index (χ1v) is 10.1. The number of aryl methyl sites for hydroxylation is 1. The van der Waals surface area contributed by atoms with Crippen molar-refractivity contribution in [1.29, 1.82) is 0 Å². The highest BCUT2D eigenvalue weighted by Gasteiger charge is 2.27. The molecule has 6 heteroatoms. The van der Waals surface area contributed by atoms with Gasteiger partial charge in [-0.3, -0.25) is 9.69 Å². The SMILES string of the molecule is CC(C)c1ccc2c(c1)CCCN2C(=O)c1cc(N2CCNC2=O)ccc1Cl. The Morgan fingerprint density at radius 3 is 2.68 bits per heavy atom. The highest BCUT2D eigenvalue weighted by molar-refractivity contribution is 6.34. The van der Waals surface area contributed by atoms with Crippen LogP contribution in [-0.4, -0.2) is 31.6 Å². The van der Waals surface area contributed by atoms with Gasteiger partial charge >= 0.3 is 6.03 Å². The first-order valence-electron chi connectivity index (χ1n) is 9.75. The molecule has 2 aromatic rings. The van der Waals surface area contributed by atoms with E-state index < -0.39 is 0 Å². The summed E-state index contributed by atoms with van der Waals surface area (Å²) in [7, 11) is 0. The van der Waals surface area contributed by atoms with Crippen molar-refractivity contribution in [3.63, 3.8) is 0 Å². The lowest BCUT2D eigenvalue weighted by molar-refractivity contribution is 0.0985. The maximum atomic E-state index is 13.4. The normalized spacial score (nSPS) is 16.4. The minimum absolute atomic E-state index is 0.121. The van der Waals surface area contributed by atoms with Gasteiger partial charge in [0.15, 0.2) is 0 Å². The lowest BCUT2D eigenvalue weighted by Gasteiger charge is -2.31. The number of rotatable bonds is 3. The molecule has 0 spiro atoms. The molecule has 1 saturated heterocycles. The topological polar surface area (TPSA) is 52.7 Å². The molecule has 4 rings (SSSR count). The Balaban J connectivity index is 1.68. The number of fused-ring (bicyclic) bond motifs is 1. The Hall–Kier alpha value is -2.53. The number of hydrogen-bond acceptors (Lipinski definition) is 2. The quantitative estimate of drug-likeness (QED) is 0.823. The van der Waals surface area contributed by atoms with Gasteiger partial charge in [0.1, 0.15) is 0 Å². The van der Waals surface area contributed by atoms with E-state index in [1.165, 1.54) is 11.1 Å². The monoisotopic (exact) mass is 397 g/mol. The van der Waals surface area contributed by atoms with Crippen molar-refractivity contribution in [2.45, 2.75) is 32.6 Å². The molecule has 1 N–H and O–H groups in total. The summed E-state index contributed by atoms with van der Waals surface area (Å²) in [6.07, 6.45) is 1.90. The van der Waals surface area contributed by atoms with Gasteiger partial charge in [-0.05, 0) is 54.2 Å². The molecule has 0 bridgehead atoms. The second kappa shape index (κ2) is 7.47. The molecule has 2 aliphatic heterocycles. The lowest BCUT2D eigenvalue weighted by atomic mass is 9.94. The van der Waals surface area contributed by atoms with Crippen molar-refractivity contribution in [3.8, 4) is 0 Å². The predicted octanol–water partition coefficient (Wildman–Crippen LogP) is 4.59. The van der Waals surface area contributed by atoms with Crippen LogP contribution in [0.3, 0.4) is 0 Å². The maximum absolute atomic E-state index is 13.4. The van der Waals surface area contributed by atoms with Gasteiger partial charge in [-0.2, -0.15) is 0 Å². The molecule has 2 heterocycles. The van der Waals surface area contributed by atoms with Crippen LogP contribution < -0.4 is 15.1 Å². The van der Waals surface area contributed by atoms with E-state index in [0.717, 1.165) is 18.5 Å². The lowest BCUT2D eigenvalue weighted by Crippen LogP contribution is -2.36. The fraction of sp³-hybridized carbons (Fsp3) is 0.364. The number of halogens is 1. The molecule has 146 valence electrons. The number of nitrogens with one attached hydrogen (secondary N) is 1. The van der Waals surface area contributed by atoms with E-state index in [1.807, 2.05) is 11.0 Å². The van der Waals surface area contributed by atoms with Gasteiger partial charge in [-0.25, -0.2) is 4.79 Å². The summed E-state index contributed by atoms with van der Waals surface area (Å²) in [5, 5.41) is 3.18. The highest BCUT2D eigenvalue weighted by Crippen LogP contribution is 2.33. The Kier molecular flexibility index (Phi) is 5.02. The highest BCUT2D eigenvalue weighted by atomic mass is 35.5. The van der Waals surface area contributed by atoms with E-state index >= 15 is 0 Å². The van der Waals surface area contributed by atoms with Gasteiger partial charge in [-0.1, -0.05) is 37.6 Å². The van der Waals surface area contributed by atoms with E-state index in [-0.39, 0.29) is 11.9 Å². The van der Waals surface area contributed by atoms with Crippen molar-refractivity contribution in [3.05, 3.63) is 58.1 Å². The number of nitrogens with zero attached hydrogens (tertiary/aromatic N) is 2. The van der Waals surface area contributed by atoms with Gasteiger partial charge in [0.05, 0.1) is 10.6 Å². The van der Waals surface area contributed by atoms with Gasteiger partial charge < -0.3 is 10.2 Å². The largest absolute Gasteiger partial charge is 0.336 e. The Labute approximate surface area is 170 Å². The molecule has 0 aliphatic carbocycles. The summed E-state index contributed by atoms with van der Waals surface area (Å²) < 4.78 is 0. The maximum Gasteiger partial charge on any atom is 0.321 e. The minimum Gasteiger partial charge on any atom is -0.336 e. The molecule has 0 aromatic heterocycles. The zero-order valence-corrected chi connectivity index (χ0v) is 16.9. The average molecular weight is 398 g/mol. The van der Waals surface area contributed by atoms with E-state index in [9.17, 15) is 9.59 Å². The second-order valence-corrected chi connectivity index (χ2v) is 8.06. The van der Waals surface area contributed by atoms with Crippen molar-refractivity contribution in [1.82, 2.24) is 5.32 Å². The van der Waals surface area contributed by atoms with E-state index in [1.54, 1.807) is 23.1 Å². The molecule has 0 unspecified atom stereocenters. The van der Waals surface area contributed by atoms with E-state index in [2.05, 4.69) is 31.3 Å². The number of benzene rings is 2. The molecule has 2 aliphatic rings. The van der Waals surface area contributed by atoms with Crippen molar-refractivity contribution in [2.75, 3.05) is 29.4 Å². The van der Waals surface area contributed by atoms with Crippen LogP contribution in [0.1, 0.15) is 47.7 Å². The van der Waals surface area contributed by atoms with Crippen LogP contribution in [0.2, 0.25) is 5.02 Å². The van der Waals surface area contributed by atoms with Crippen LogP contribution in [-0.2, 0) is 6.42 Å². The molecule has 28 heavy (non-hydrogen) atoms. The Bertz CT molecular complexity index is 941. The molecule has 1 fully saturated rings. The molecular weight excluding hydrogens is 374 g/mol. The Morgan fingerprint density at radius 1 is 1.14 bits per heavy atom. The first-order chi connectivity index (χ1) is 13.5. The van der Waals surface area contributed by atoms with Crippen LogP contribution >= 0.6 is 11.6 Å². The average Bonchev–Trinajstić information content (AvgIpc) is 3.12. The number of urea groups is 1. The number of amides is 3. The number of carbonyl (C=O) groups is 2. The number of hydrogen-bond donors (Lipinski definition) is 1. The van der Waals surface area contributed by atoms with Crippen LogP contribution in [0.5, 0.6) is 0 Å². The van der Waals surface area contributed by atoms with Crippen molar-refractivity contribution in [2.24, 2.45) is 0 Å². The van der Waals surface area contributed by atoms with Crippen LogP contribution in [0.25, 0.3) is 0 Å². The van der Waals surface area contributed by atoms with Crippen LogP contribution in [0, 0.1) is 0 Å². The summed E-state index contributed by atoms with van der Waals surface area (Å²) >= 11 is 6.38. The summed E-state index contributed by atoms with van der Waals surface area (Å²) in [5.74, 6) is 0.332. The van der Waals surface area contributed by atoms with Crippen LogP contribution in [0.4, 0.5) is 16.2 Å². The number of carbonyl (C=O) groups excluding carboxylic acids is 2.